The van der Waals surface area contributed by atoms with Crippen molar-refractivity contribution in [1.29, 1.82) is 0 Å². The highest BCUT2D eigenvalue weighted by Crippen LogP contribution is 2.34. The van der Waals surface area contributed by atoms with E-state index in [1.807, 2.05) is 6.92 Å². The number of nitrogens with zero attached hydrogens (tertiary/aromatic N) is 1. The molecule has 0 aromatic carbocycles. The molecule has 2 rings (SSSR count). The zero-order valence-electron chi connectivity index (χ0n) is 10.2. The third-order valence-corrected chi connectivity index (χ3v) is 3.71. The normalized spacial score (nSPS) is 26.4. The Balaban J connectivity index is 1.94. The van der Waals surface area contributed by atoms with Crippen LogP contribution in [0.3, 0.4) is 0 Å². The van der Waals surface area contributed by atoms with E-state index in [1.165, 1.54) is 0 Å². The van der Waals surface area contributed by atoms with E-state index in [1.54, 1.807) is 4.90 Å². The van der Waals surface area contributed by atoms with Crippen molar-refractivity contribution in [3.8, 4) is 0 Å². The number of carboxylic acid groups (broad SMARTS) is 1. The van der Waals surface area contributed by atoms with Crippen LogP contribution in [0.4, 0.5) is 4.79 Å². The van der Waals surface area contributed by atoms with Gasteiger partial charge >= 0.3 is 12.0 Å². The lowest BCUT2D eigenvalue weighted by molar-refractivity contribution is -0.138. The predicted octanol–water partition coefficient (Wildman–Crippen LogP) is 1.58. The van der Waals surface area contributed by atoms with Gasteiger partial charge in [-0.05, 0) is 39.0 Å². The Kier molecular flexibility index (Phi) is 3.26. The number of aliphatic carboxylic acids is 1. The summed E-state index contributed by atoms with van der Waals surface area (Å²) in [4.78, 5) is 24.6. The minimum atomic E-state index is -0.827. The zero-order chi connectivity index (χ0) is 12.5. The van der Waals surface area contributed by atoms with Crippen LogP contribution in [-0.2, 0) is 4.79 Å². The van der Waals surface area contributed by atoms with Crippen LogP contribution in [0, 0.1) is 0 Å². The Bertz CT molecular complexity index is 326. The maximum absolute atomic E-state index is 12.1. The Morgan fingerprint density at radius 2 is 2.12 bits per heavy atom. The minimum absolute atomic E-state index is 0.0394. The molecule has 17 heavy (non-hydrogen) atoms. The summed E-state index contributed by atoms with van der Waals surface area (Å²) in [7, 11) is 0. The van der Waals surface area contributed by atoms with Crippen LogP contribution in [0.25, 0.3) is 0 Å². The van der Waals surface area contributed by atoms with Crippen LogP contribution in [0.15, 0.2) is 0 Å². The highest BCUT2D eigenvalue weighted by atomic mass is 16.4. The second kappa shape index (κ2) is 4.55. The fourth-order valence-corrected chi connectivity index (χ4v) is 2.32. The van der Waals surface area contributed by atoms with Crippen LogP contribution >= 0.6 is 0 Å². The third-order valence-electron chi connectivity index (χ3n) is 3.71. The molecular weight excluding hydrogens is 220 g/mol. The Morgan fingerprint density at radius 3 is 2.71 bits per heavy atom. The van der Waals surface area contributed by atoms with Crippen molar-refractivity contribution in [2.45, 2.75) is 57.0 Å². The SMILES string of the molecule is CC1(NC(=O)N2CCCCC2CC(=O)O)CC1. The van der Waals surface area contributed by atoms with Gasteiger partial charge in [-0.2, -0.15) is 0 Å². The second-order valence-corrected chi connectivity index (χ2v) is 5.43. The van der Waals surface area contributed by atoms with Crippen molar-refractivity contribution in [1.82, 2.24) is 10.2 Å². The van der Waals surface area contributed by atoms with Gasteiger partial charge in [0.15, 0.2) is 0 Å². The number of carbonyl (C=O) groups is 2. The molecule has 0 spiro atoms. The fraction of sp³-hybridized carbons (Fsp3) is 0.833. The summed E-state index contributed by atoms with van der Waals surface area (Å²) >= 11 is 0. The molecule has 2 aliphatic rings. The lowest BCUT2D eigenvalue weighted by Crippen LogP contribution is -2.51. The fourth-order valence-electron chi connectivity index (χ4n) is 2.32. The number of piperidine rings is 1. The molecule has 96 valence electrons. The van der Waals surface area contributed by atoms with Gasteiger partial charge in [0.1, 0.15) is 0 Å². The van der Waals surface area contributed by atoms with Crippen LogP contribution in [0.2, 0.25) is 0 Å². The molecule has 2 amide bonds. The molecule has 1 saturated carbocycles. The molecule has 0 aromatic rings. The minimum Gasteiger partial charge on any atom is -0.481 e. The lowest BCUT2D eigenvalue weighted by Gasteiger charge is -2.35. The van der Waals surface area contributed by atoms with E-state index >= 15 is 0 Å². The van der Waals surface area contributed by atoms with Gasteiger partial charge in [0, 0.05) is 18.1 Å². The van der Waals surface area contributed by atoms with E-state index in [0.717, 1.165) is 32.1 Å². The molecule has 1 atom stereocenters. The van der Waals surface area contributed by atoms with Crippen LogP contribution in [-0.4, -0.2) is 40.1 Å². The quantitative estimate of drug-likeness (QED) is 0.786. The van der Waals surface area contributed by atoms with Gasteiger partial charge in [-0.1, -0.05) is 0 Å². The first-order valence-corrected chi connectivity index (χ1v) is 6.31. The number of nitrogens with one attached hydrogen (secondary N) is 1. The van der Waals surface area contributed by atoms with E-state index in [-0.39, 0.29) is 24.0 Å². The van der Waals surface area contributed by atoms with Gasteiger partial charge in [-0.15, -0.1) is 0 Å². The first-order chi connectivity index (χ1) is 8.00. The van der Waals surface area contributed by atoms with Crippen molar-refractivity contribution >= 4 is 12.0 Å². The number of likely N-dealkylation sites (tertiary alicyclic amines) is 1. The maximum atomic E-state index is 12.1. The van der Waals surface area contributed by atoms with E-state index in [9.17, 15) is 9.59 Å². The van der Waals surface area contributed by atoms with Crippen LogP contribution in [0.5, 0.6) is 0 Å². The summed E-state index contributed by atoms with van der Waals surface area (Å²) in [5.41, 5.74) is -0.0394. The van der Waals surface area contributed by atoms with Crippen LogP contribution < -0.4 is 5.32 Å². The molecule has 0 bridgehead atoms. The number of rotatable bonds is 3. The highest BCUT2D eigenvalue weighted by molar-refractivity contribution is 5.77. The molecule has 5 heteroatoms. The summed E-state index contributed by atoms with van der Waals surface area (Å²) in [6.45, 7) is 2.71. The number of carbonyl (C=O) groups excluding carboxylic acids is 1. The van der Waals surface area contributed by atoms with E-state index in [0.29, 0.717) is 6.54 Å². The van der Waals surface area contributed by atoms with Crippen molar-refractivity contribution in [3.05, 3.63) is 0 Å². The van der Waals surface area contributed by atoms with E-state index < -0.39 is 5.97 Å². The first-order valence-electron chi connectivity index (χ1n) is 6.31. The third kappa shape index (κ3) is 3.11. The van der Waals surface area contributed by atoms with Crippen molar-refractivity contribution in [2.24, 2.45) is 0 Å². The van der Waals surface area contributed by atoms with Crippen LogP contribution in [0.1, 0.15) is 45.4 Å². The largest absolute Gasteiger partial charge is 0.481 e. The summed E-state index contributed by atoms with van der Waals surface area (Å²) < 4.78 is 0. The van der Waals surface area contributed by atoms with Gasteiger partial charge in [0.25, 0.3) is 0 Å². The Hall–Kier alpha value is -1.26. The average molecular weight is 240 g/mol. The molecular formula is C12H20N2O3. The number of hydrogen-bond donors (Lipinski definition) is 2. The van der Waals surface area contributed by atoms with Gasteiger partial charge in [-0.3, -0.25) is 4.79 Å². The average Bonchev–Trinajstić information content (AvgIpc) is 2.95. The number of urea groups is 1. The highest BCUT2D eigenvalue weighted by Gasteiger charge is 2.41. The Labute approximate surface area is 101 Å². The number of carboxylic acids is 1. The molecule has 5 nitrogen and oxygen atoms in total. The first kappa shape index (κ1) is 12.2. The molecule has 0 radical (unpaired) electrons. The molecule has 0 aromatic heterocycles. The molecule has 1 heterocycles. The number of amides is 2. The monoisotopic (exact) mass is 240 g/mol. The standard InChI is InChI=1S/C12H20N2O3/c1-12(5-6-12)13-11(17)14-7-3-2-4-9(14)8-10(15)16/h9H,2-8H2,1H3,(H,13,17)(H,15,16). The summed E-state index contributed by atoms with van der Waals surface area (Å²) in [6.07, 6.45) is 4.90. The van der Waals surface area contributed by atoms with Crippen molar-refractivity contribution < 1.29 is 14.7 Å². The predicted molar refractivity (Wildman–Crippen MR) is 62.8 cm³/mol. The summed E-state index contributed by atoms with van der Waals surface area (Å²) in [5, 5.41) is 11.8. The molecule has 1 aliphatic heterocycles. The van der Waals surface area contributed by atoms with Gasteiger partial charge in [-0.25, -0.2) is 4.79 Å². The Morgan fingerprint density at radius 1 is 1.41 bits per heavy atom. The van der Waals surface area contributed by atoms with Crippen molar-refractivity contribution in [2.75, 3.05) is 6.54 Å². The smallest absolute Gasteiger partial charge is 0.318 e. The van der Waals surface area contributed by atoms with Gasteiger partial charge in [0.05, 0.1) is 6.42 Å². The second-order valence-electron chi connectivity index (χ2n) is 5.43. The molecule has 1 unspecified atom stereocenters. The zero-order valence-corrected chi connectivity index (χ0v) is 10.2. The molecule has 2 N–H and O–H groups in total. The lowest BCUT2D eigenvalue weighted by atomic mass is 10.00. The summed E-state index contributed by atoms with van der Waals surface area (Å²) in [5.74, 6) is -0.827. The van der Waals surface area contributed by atoms with E-state index in [2.05, 4.69) is 5.32 Å². The van der Waals surface area contributed by atoms with Crippen molar-refractivity contribution in [3.63, 3.8) is 0 Å². The molecule has 1 aliphatic carbocycles. The van der Waals surface area contributed by atoms with E-state index in [4.69, 9.17) is 5.11 Å². The maximum Gasteiger partial charge on any atom is 0.318 e. The topological polar surface area (TPSA) is 69.6 Å². The molecule has 1 saturated heterocycles. The van der Waals surface area contributed by atoms with Gasteiger partial charge < -0.3 is 15.3 Å². The van der Waals surface area contributed by atoms with Gasteiger partial charge in [0.2, 0.25) is 0 Å². The summed E-state index contributed by atoms with van der Waals surface area (Å²) in [6, 6.07) is -0.223. The number of hydrogen-bond acceptors (Lipinski definition) is 2. The molecule has 2 fully saturated rings.